The van der Waals surface area contributed by atoms with Gasteiger partial charge in [0.05, 0.1) is 19.3 Å². The average Bonchev–Trinajstić information content (AvgIpc) is 2.67. The lowest BCUT2D eigenvalue weighted by Gasteiger charge is -2.11. The number of amides is 1. The topological polar surface area (TPSA) is 85.9 Å². The van der Waals surface area contributed by atoms with Gasteiger partial charge in [-0.05, 0) is 67.7 Å². The SMILES string of the molecule is CCOC(=O)c1ccc(NC(=S)NC(=O)COc2ccc(OC)cc2)cc1. The first-order valence-corrected chi connectivity index (χ1v) is 8.57. The number of carbonyl (C=O) groups excluding carboxylic acids is 2. The van der Waals surface area contributed by atoms with Crippen molar-refractivity contribution in [2.45, 2.75) is 6.92 Å². The first-order valence-electron chi connectivity index (χ1n) is 8.16. The third-order valence-corrected chi connectivity index (χ3v) is 3.54. The Kier molecular flexibility index (Phi) is 7.57. The van der Waals surface area contributed by atoms with Gasteiger partial charge in [-0.2, -0.15) is 0 Å². The Morgan fingerprint density at radius 2 is 1.63 bits per heavy atom. The van der Waals surface area contributed by atoms with Gasteiger partial charge in [0, 0.05) is 5.69 Å². The minimum absolute atomic E-state index is 0.127. The van der Waals surface area contributed by atoms with Gasteiger partial charge >= 0.3 is 5.97 Å². The van der Waals surface area contributed by atoms with Gasteiger partial charge in [0.2, 0.25) is 0 Å². The molecule has 1 amide bonds. The second-order valence-corrected chi connectivity index (χ2v) is 5.67. The molecule has 0 spiro atoms. The Labute approximate surface area is 162 Å². The molecule has 0 aliphatic carbocycles. The molecule has 7 nitrogen and oxygen atoms in total. The van der Waals surface area contributed by atoms with E-state index in [1.54, 1.807) is 62.6 Å². The summed E-state index contributed by atoms with van der Waals surface area (Å²) in [5.74, 6) is 0.451. The minimum atomic E-state index is -0.397. The van der Waals surface area contributed by atoms with E-state index in [9.17, 15) is 9.59 Å². The van der Waals surface area contributed by atoms with Gasteiger partial charge in [0.25, 0.3) is 5.91 Å². The molecular formula is C19H20N2O5S. The maximum atomic E-state index is 11.9. The maximum absolute atomic E-state index is 11.9. The van der Waals surface area contributed by atoms with E-state index in [4.69, 9.17) is 26.4 Å². The normalized spacial score (nSPS) is 9.85. The number of rotatable bonds is 7. The Morgan fingerprint density at radius 3 is 2.22 bits per heavy atom. The summed E-state index contributed by atoms with van der Waals surface area (Å²) in [6.45, 7) is 1.87. The number of hydrogen-bond acceptors (Lipinski definition) is 6. The molecule has 0 fully saturated rings. The molecule has 0 heterocycles. The zero-order valence-electron chi connectivity index (χ0n) is 15.0. The number of thiocarbonyl (C=S) groups is 1. The van der Waals surface area contributed by atoms with Crippen LogP contribution in [-0.2, 0) is 9.53 Å². The molecule has 0 aliphatic heterocycles. The number of hydrogen-bond donors (Lipinski definition) is 2. The Morgan fingerprint density at radius 1 is 1.00 bits per heavy atom. The van der Waals surface area contributed by atoms with Gasteiger partial charge in [-0.3, -0.25) is 10.1 Å². The smallest absolute Gasteiger partial charge is 0.338 e. The molecule has 0 saturated carbocycles. The van der Waals surface area contributed by atoms with Gasteiger partial charge in [-0.25, -0.2) is 4.79 Å². The summed E-state index contributed by atoms with van der Waals surface area (Å²) in [5.41, 5.74) is 1.06. The first-order chi connectivity index (χ1) is 13.0. The van der Waals surface area contributed by atoms with Crippen LogP contribution in [0.2, 0.25) is 0 Å². The van der Waals surface area contributed by atoms with Crippen LogP contribution in [0.25, 0.3) is 0 Å². The molecule has 2 aromatic rings. The van der Waals surface area contributed by atoms with Crippen LogP contribution in [0.4, 0.5) is 5.69 Å². The third kappa shape index (κ3) is 6.59. The highest BCUT2D eigenvalue weighted by Crippen LogP contribution is 2.16. The standard InChI is InChI=1S/C19H20N2O5S/c1-3-25-18(23)13-4-6-14(7-5-13)20-19(27)21-17(22)12-26-16-10-8-15(24-2)9-11-16/h4-11H,3,12H2,1-2H3,(H2,20,21,22,27). The van der Waals surface area contributed by atoms with Gasteiger partial charge in [-0.1, -0.05) is 0 Å². The lowest BCUT2D eigenvalue weighted by atomic mass is 10.2. The van der Waals surface area contributed by atoms with E-state index in [0.29, 0.717) is 29.4 Å². The molecule has 2 rings (SSSR count). The number of carbonyl (C=O) groups is 2. The van der Waals surface area contributed by atoms with Crippen LogP contribution in [0.3, 0.4) is 0 Å². The number of anilines is 1. The van der Waals surface area contributed by atoms with Crippen LogP contribution >= 0.6 is 12.2 Å². The summed E-state index contributed by atoms with van der Waals surface area (Å²) in [6, 6.07) is 13.4. The molecule has 0 aliphatic rings. The highest BCUT2D eigenvalue weighted by atomic mass is 32.1. The second-order valence-electron chi connectivity index (χ2n) is 5.26. The van der Waals surface area contributed by atoms with Gasteiger partial charge in [0.1, 0.15) is 11.5 Å². The van der Waals surface area contributed by atoms with E-state index in [2.05, 4.69) is 10.6 Å². The molecule has 0 bridgehead atoms. The molecule has 0 unspecified atom stereocenters. The molecule has 0 atom stereocenters. The van der Waals surface area contributed by atoms with E-state index in [1.807, 2.05) is 0 Å². The van der Waals surface area contributed by atoms with Crippen LogP contribution in [-0.4, -0.2) is 37.3 Å². The van der Waals surface area contributed by atoms with Crippen LogP contribution in [0.1, 0.15) is 17.3 Å². The third-order valence-electron chi connectivity index (χ3n) is 3.34. The van der Waals surface area contributed by atoms with Crippen molar-refractivity contribution in [2.75, 3.05) is 25.6 Å². The molecule has 8 heteroatoms. The maximum Gasteiger partial charge on any atom is 0.338 e. The highest BCUT2D eigenvalue weighted by molar-refractivity contribution is 7.80. The number of methoxy groups -OCH3 is 1. The van der Waals surface area contributed by atoms with E-state index in [-0.39, 0.29) is 11.7 Å². The molecule has 142 valence electrons. The zero-order valence-corrected chi connectivity index (χ0v) is 15.8. The lowest BCUT2D eigenvalue weighted by molar-refractivity contribution is -0.121. The fourth-order valence-corrected chi connectivity index (χ4v) is 2.28. The van der Waals surface area contributed by atoms with Crippen LogP contribution in [0, 0.1) is 0 Å². The van der Waals surface area contributed by atoms with E-state index in [0.717, 1.165) is 0 Å². The fraction of sp³-hybridized carbons (Fsp3) is 0.211. The van der Waals surface area contributed by atoms with Crippen molar-refractivity contribution in [3.63, 3.8) is 0 Å². The van der Waals surface area contributed by atoms with Gasteiger partial charge < -0.3 is 19.5 Å². The number of ether oxygens (including phenoxy) is 3. The van der Waals surface area contributed by atoms with Crippen molar-refractivity contribution in [1.29, 1.82) is 0 Å². The van der Waals surface area contributed by atoms with Crippen molar-refractivity contribution >= 4 is 34.9 Å². The highest BCUT2D eigenvalue weighted by Gasteiger charge is 2.08. The molecule has 0 radical (unpaired) electrons. The Bertz CT molecular complexity index is 791. The predicted octanol–water partition coefficient (Wildman–Crippen LogP) is 2.76. The summed E-state index contributed by atoms with van der Waals surface area (Å²) in [4.78, 5) is 23.5. The Balaban J connectivity index is 1.78. The van der Waals surface area contributed by atoms with Gasteiger partial charge in [-0.15, -0.1) is 0 Å². The number of esters is 1. The molecule has 0 aromatic heterocycles. The van der Waals surface area contributed by atoms with Crippen LogP contribution < -0.4 is 20.1 Å². The predicted molar refractivity (Wildman–Crippen MR) is 105 cm³/mol. The largest absolute Gasteiger partial charge is 0.497 e. The fourth-order valence-electron chi connectivity index (χ4n) is 2.05. The van der Waals surface area contributed by atoms with Crippen molar-refractivity contribution in [3.8, 4) is 11.5 Å². The van der Waals surface area contributed by atoms with E-state index in [1.165, 1.54) is 0 Å². The lowest BCUT2D eigenvalue weighted by Crippen LogP contribution is -2.37. The summed E-state index contributed by atoms with van der Waals surface area (Å²) in [6.07, 6.45) is 0. The second kappa shape index (κ2) is 10.1. The summed E-state index contributed by atoms with van der Waals surface area (Å²) in [7, 11) is 1.57. The van der Waals surface area contributed by atoms with Crippen LogP contribution in [0.5, 0.6) is 11.5 Å². The Hall–Kier alpha value is -3.13. The van der Waals surface area contributed by atoms with Crippen molar-refractivity contribution < 1.29 is 23.8 Å². The molecule has 27 heavy (non-hydrogen) atoms. The van der Waals surface area contributed by atoms with Crippen molar-refractivity contribution in [2.24, 2.45) is 0 Å². The summed E-state index contributed by atoms with van der Waals surface area (Å²) >= 11 is 5.10. The summed E-state index contributed by atoms with van der Waals surface area (Å²) < 4.78 is 15.3. The molecule has 2 N–H and O–H groups in total. The molecule has 2 aromatic carbocycles. The zero-order chi connectivity index (χ0) is 19.6. The van der Waals surface area contributed by atoms with E-state index < -0.39 is 11.9 Å². The number of benzene rings is 2. The van der Waals surface area contributed by atoms with Crippen molar-refractivity contribution in [3.05, 3.63) is 54.1 Å². The quantitative estimate of drug-likeness (QED) is 0.557. The minimum Gasteiger partial charge on any atom is -0.497 e. The summed E-state index contributed by atoms with van der Waals surface area (Å²) in [5, 5.41) is 5.51. The molecule has 0 saturated heterocycles. The van der Waals surface area contributed by atoms with Crippen LogP contribution in [0.15, 0.2) is 48.5 Å². The van der Waals surface area contributed by atoms with Gasteiger partial charge in [0.15, 0.2) is 11.7 Å². The first kappa shape index (κ1) is 20.2. The number of nitrogens with one attached hydrogen (secondary N) is 2. The average molecular weight is 388 g/mol. The van der Waals surface area contributed by atoms with E-state index >= 15 is 0 Å². The monoisotopic (exact) mass is 388 g/mol. The van der Waals surface area contributed by atoms with Crippen molar-refractivity contribution in [1.82, 2.24) is 5.32 Å². The molecular weight excluding hydrogens is 368 g/mol.